The van der Waals surface area contributed by atoms with Gasteiger partial charge in [-0.1, -0.05) is 33.6 Å². The second-order valence-corrected chi connectivity index (χ2v) is 3.69. The molecule has 0 fully saturated rings. The van der Waals surface area contributed by atoms with Crippen molar-refractivity contribution in [1.82, 2.24) is 4.98 Å². The third kappa shape index (κ3) is 1.21. The fourth-order valence-corrected chi connectivity index (χ4v) is 2.06. The van der Waals surface area contributed by atoms with Gasteiger partial charge in [0.25, 0.3) is 0 Å². The Bertz CT molecular complexity index is 391. The molecule has 0 radical (unpaired) electrons. The quantitative estimate of drug-likeness (QED) is 0.687. The van der Waals surface area contributed by atoms with Gasteiger partial charge >= 0.3 is 0 Å². The maximum absolute atomic E-state index is 5.99. The van der Waals surface area contributed by atoms with Crippen LogP contribution in [0.2, 0.25) is 5.02 Å². The number of fused-ring (bicyclic) bond motifs is 1. The minimum Gasteiger partial charge on any atom is -0.256 e. The first kappa shape index (κ1) is 8.02. The summed E-state index contributed by atoms with van der Waals surface area (Å²) in [5.74, 6) is 0. The lowest BCUT2D eigenvalue weighted by atomic mass is 10.2. The zero-order valence-corrected chi connectivity index (χ0v) is 8.43. The Morgan fingerprint density at radius 2 is 2.08 bits per heavy atom. The van der Waals surface area contributed by atoms with Gasteiger partial charge in [0.2, 0.25) is 0 Å². The molecule has 0 aliphatic carbocycles. The SMILES string of the molecule is Clc1ccnc2cccc(Br)c12. The molecule has 12 heavy (non-hydrogen) atoms. The molecule has 1 heterocycles. The number of halogens is 2. The van der Waals surface area contributed by atoms with Crippen molar-refractivity contribution in [3.8, 4) is 0 Å². The van der Waals surface area contributed by atoms with Crippen molar-refractivity contribution in [3.63, 3.8) is 0 Å². The highest BCUT2D eigenvalue weighted by Crippen LogP contribution is 2.28. The third-order valence-electron chi connectivity index (χ3n) is 1.66. The average molecular weight is 243 g/mol. The minimum absolute atomic E-state index is 0.729. The summed E-state index contributed by atoms with van der Waals surface area (Å²) in [6.45, 7) is 0. The number of rotatable bonds is 0. The van der Waals surface area contributed by atoms with Crippen molar-refractivity contribution >= 4 is 38.4 Å². The highest BCUT2D eigenvalue weighted by Gasteiger charge is 2.01. The Kier molecular flexibility index (Phi) is 2.03. The molecule has 0 saturated carbocycles. The van der Waals surface area contributed by atoms with Gasteiger partial charge in [-0.2, -0.15) is 0 Å². The Hall–Kier alpha value is -0.600. The molecule has 2 rings (SSSR count). The Morgan fingerprint density at radius 3 is 2.83 bits per heavy atom. The maximum Gasteiger partial charge on any atom is 0.0728 e. The van der Waals surface area contributed by atoms with E-state index >= 15 is 0 Å². The predicted octanol–water partition coefficient (Wildman–Crippen LogP) is 3.65. The first-order chi connectivity index (χ1) is 5.79. The second kappa shape index (κ2) is 3.04. The van der Waals surface area contributed by atoms with Crippen LogP contribution in [0.5, 0.6) is 0 Å². The molecule has 0 aliphatic rings. The minimum atomic E-state index is 0.729. The number of hydrogen-bond acceptors (Lipinski definition) is 1. The van der Waals surface area contributed by atoms with Gasteiger partial charge in [0.15, 0.2) is 0 Å². The zero-order chi connectivity index (χ0) is 8.55. The van der Waals surface area contributed by atoms with Crippen molar-refractivity contribution in [2.75, 3.05) is 0 Å². The summed E-state index contributed by atoms with van der Waals surface area (Å²) in [4.78, 5) is 4.19. The van der Waals surface area contributed by atoms with E-state index < -0.39 is 0 Å². The topological polar surface area (TPSA) is 12.9 Å². The molecule has 0 bridgehead atoms. The number of aromatic nitrogens is 1. The molecule has 60 valence electrons. The van der Waals surface area contributed by atoms with Gasteiger partial charge in [-0.3, -0.25) is 4.98 Å². The summed E-state index contributed by atoms with van der Waals surface area (Å²) in [5.41, 5.74) is 0.914. The number of benzene rings is 1. The molecular weight excluding hydrogens is 237 g/mol. The van der Waals surface area contributed by atoms with Crippen LogP contribution in [0.25, 0.3) is 10.9 Å². The van der Waals surface area contributed by atoms with Crippen LogP contribution < -0.4 is 0 Å². The molecule has 0 amide bonds. The van der Waals surface area contributed by atoms with Crippen molar-refractivity contribution in [1.29, 1.82) is 0 Å². The summed E-state index contributed by atoms with van der Waals surface area (Å²) in [6, 6.07) is 7.62. The Morgan fingerprint density at radius 1 is 1.25 bits per heavy atom. The van der Waals surface area contributed by atoms with Gasteiger partial charge in [-0.05, 0) is 18.2 Å². The van der Waals surface area contributed by atoms with Crippen molar-refractivity contribution in [2.45, 2.75) is 0 Å². The molecule has 0 atom stereocenters. The largest absolute Gasteiger partial charge is 0.256 e. The molecule has 0 unspecified atom stereocenters. The van der Waals surface area contributed by atoms with E-state index in [1.807, 2.05) is 18.2 Å². The molecule has 1 nitrogen and oxygen atoms in total. The monoisotopic (exact) mass is 241 g/mol. The van der Waals surface area contributed by atoms with E-state index in [-0.39, 0.29) is 0 Å². The summed E-state index contributed by atoms with van der Waals surface area (Å²) in [5, 5.41) is 1.70. The van der Waals surface area contributed by atoms with Crippen LogP contribution in [0, 0.1) is 0 Å². The van der Waals surface area contributed by atoms with E-state index in [0.29, 0.717) is 0 Å². The van der Waals surface area contributed by atoms with Crippen molar-refractivity contribution < 1.29 is 0 Å². The molecular formula is C9H5BrClN. The predicted molar refractivity (Wildman–Crippen MR) is 54.5 cm³/mol. The first-order valence-electron chi connectivity index (χ1n) is 3.48. The fraction of sp³-hybridized carbons (Fsp3) is 0. The highest BCUT2D eigenvalue weighted by atomic mass is 79.9. The van der Waals surface area contributed by atoms with E-state index in [1.165, 1.54) is 0 Å². The number of pyridine rings is 1. The second-order valence-electron chi connectivity index (χ2n) is 2.43. The first-order valence-corrected chi connectivity index (χ1v) is 4.65. The van der Waals surface area contributed by atoms with Crippen LogP contribution in [0.1, 0.15) is 0 Å². The van der Waals surface area contributed by atoms with E-state index in [9.17, 15) is 0 Å². The molecule has 1 aromatic carbocycles. The number of nitrogens with zero attached hydrogens (tertiary/aromatic N) is 1. The van der Waals surface area contributed by atoms with Gasteiger partial charge in [0.1, 0.15) is 0 Å². The van der Waals surface area contributed by atoms with E-state index in [2.05, 4.69) is 20.9 Å². The average Bonchev–Trinajstić information content (AvgIpc) is 2.04. The van der Waals surface area contributed by atoms with Gasteiger partial charge in [-0.25, -0.2) is 0 Å². The molecule has 2 aromatic rings. The molecule has 0 saturated heterocycles. The summed E-state index contributed by atoms with van der Waals surface area (Å²) in [6.07, 6.45) is 1.71. The van der Waals surface area contributed by atoms with Crippen LogP contribution in [0.15, 0.2) is 34.9 Å². The fourth-order valence-electron chi connectivity index (χ4n) is 1.12. The normalized spacial score (nSPS) is 10.5. The highest BCUT2D eigenvalue weighted by molar-refractivity contribution is 9.10. The lowest BCUT2D eigenvalue weighted by Gasteiger charge is -2.00. The molecule has 0 aliphatic heterocycles. The van der Waals surface area contributed by atoms with E-state index in [0.717, 1.165) is 20.4 Å². The number of hydrogen-bond donors (Lipinski definition) is 0. The van der Waals surface area contributed by atoms with E-state index in [1.54, 1.807) is 12.3 Å². The summed E-state index contributed by atoms with van der Waals surface area (Å²) >= 11 is 9.42. The van der Waals surface area contributed by atoms with Crippen LogP contribution in [-0.2, 0) is 0 Å². The summed E-state index contributed by atoms with van der Waals surface area (Å²) in [7, 11) is 0. The van der Waals surface area contributed by atoms with Crippen LogP contribution in [-0.4, -0.2) is 4.98 Å². The lowest BCUT2D eigenvalue weighted by molar-refractivity contribution is 1.41. The smallest absolute Gasteiger partial charge is 0.0728 e. The standard InChI is InChI=1S/C9H5BrClN/c10-6-2-1-3-8-9(6)7(11)4-5-12-8/h1-5H. The molecule has 3 heteroatoms. The van der Waals surface area contributed by atoms with Crippen molar-refractivity contribution in [2.24, 2.45) is 0 Å². The van der Waals surface area contributed by atoms with Gasteiger partial charge in [-0.15, -0.1) is 0 Å². The molecule has 1 aromatic heterocycles. The van der Waals surface area contributed by atoms with Gasteiger partial charge in [0.05, 0.1) is 10.5 Å². The third-order valence-corrected chi connectivity index (χ3v) is 2.64. The van der Waals surface area contributed by atoms with Crippen LogP contribution in [0.3, 0.4) is 0 Å². The van der Waals surface area contributed by atoms with Gasteiger partial charge in [0, 0.05) is 16.1 Å². The maximum atomic E-state index is 5.99. The zero-order valence-electron chi connectivity index (χ0n) is 6.09. The van der Waals surface area contributed by atoms with Crippen LogP contribution >= 0.6 is 27.5 Å². The van der Waals surface area contributed by atoms with E-state index in [4.69, 9.17) is 11.6 Å². The molecule has 0 N–H and O–H groups in total. The Labute approximate surface area is 83.5 Å². The Balaban J connectivity index is 2.96. The van der Waals surface area contributed by atoms with Crippen LogP contribution in [0.4, 0.5) is 0 Å². The van der Waals surface area contributed by atoms with Gasteiger partial charge < -0.3 is 0 Å². The van der Waals surface area contributed by atoms with Crippen molar-refractivity contribution in [3.05, 3.63) is 40.0 Å². The lowest BCUT2D eigenvalue weighted by Crippen LogP contribution is -1.79. The molecule has 0 spiro atoms. The summed E-state index contributed by atoms with van der Waals surface area (Å²) < 4.78 is 0.984.